The lowest BCUT2D eigenvalue weighted by Gasteiger charge is -2.08. The summed E-state index contributed by atoms with van der Waals surface area (Å²) in [5.74, 6) is 0.201. The molecule has 0 fully saturated rings. The third-order valence-electron chi connectivity index (χ3n) is 3.89. The quantitative estimate of drug-likeness (QED) is 0.442. The van der Waals surface area contributed by atoms with Crippen LogP contribution in [0.1, 0.15) is 11.1 Å². The summed E-state index contributed by atoms with van der Waals surface area (Å²) in [5.41, 5.74) is 2.59. The van der Waals surface area contributed by atoms with E-state index in [4.69, 9.17) is 11.6 Å². The van der Waals surface area contributed by atoms with E-state index in [9.17, 15) is 8.42 Å². The number of sulfonamides is 1. The molecule has 28 heavy (non-hydrogen) atoms. The lowest BCUT2D eigenvalue weighted by molar-refractivity contribution is 0.598. The highest BCUT2D eigenvalue weighted by atomic mass is 35.5. The Bertz CT molecular complexity index is 1090. The highest BCUT2D eigenvalue weighted by molar-refractivity contribution is 7.90. The molecule has 0 saturated heterocycles. The summed E-state index contributed by atoms with van der Waals surface area (Å²) < 4.78 is 29.5. The lowest BCUT2D eigenvalue weighted by Crippen LogP contribution is -2.12. The summed E-state index contributed by atoms with van der Waals surface area (Å²) in [5, 5.41) is 3.63. The van der Waals surface area contributed by atoms with Crippen LogP contribution in [0.5, 0.6) is 0 Å². The lowest BCUT2D eigenvalue weighted by atomic mass is 10.2. The fourth-order valence-corrected chi connectivity index (χ4v) is 3.48. The summed E-state index contributed by atoms with van der Waals surface area (Å²) >= 11 is 5.92. The molecule has 0 amide bonds. The largest absolute Gasteiger partial charge is 0.340 e. The van der Waals surface area contributed by atoms with Crippen molar-refractivity contribution in [3.05, 3.63) is 101 Å². The number of rotatable bonds is 5. The minimum atomic E-state index is -3.86. The number of anilines is 1. The van der Waals surface area contributed by atoms with E-state index in [1.807, 2.05) is 37.3 Å². The molecule has 142 valence electrons. The minimum Gasteiger partial charge on any atom is -0.340 e. The zero-order valence-electron chi connectivity index (χ0n) is 15.2. The molecule has 0 aliphatic rings. The van der Waals surface area contributed by atoms with Crippen molar-refractivity contribution >= 4 is 39.2 Å². The van der Waals surface area contributed by atoms with E-state index in [1.165, 1.54) is 0 Å². The molecular formula is C22H19ClN2O2S. The number of halogens is 1. The van der Waals surface area contributed by atoms with Crippen LogP contribution in [0.3, 0.4) is 0 Å². The number of nitrogens with zero attached hydrogens (tertiary/aromatic N) is 1. The minimum absolute atomic E-state index is 0.140. The fraction of sp³-hybridized carbons (Fsp3) is 0.0455. The first-order chi connectivity index (χ1) is 13.4. The van der Waals surface area contributed by atoms with Crippen molar-refractivity contribution in [3.63, 3.8) is 0 Å². The molecule has 0 spiro atoms. The first-order valence-corrected chi connectivity index (χ1v) is 10.4. The molecule has 0 aliphatic heterocycles. The van der Waals surface area contributed by atoms with Gasteiger partial charge in [0.05, 0.1) is 4.90 Å². The van der Waals surface area contributed by atoms with Gasteiger partial charge in [-0.05, 0) is 55.0 Å². The molecule has 1 N–H and O–H groups in total. The van der Waals surface area contributed by atoms with E-state index in [-0.39, 0.29) is 10.7 Å². The van der Waals surface area contributed by atoms with Crippen molar-refractivity contribution in [3.8, 4) is 0 Å². The van der Waals surface area contributed by atoms with Crippen LogP contribution in [0.25, 0.3) is 6.08 Å². The van der Waals surface area contributed by atoms with Gasteiger partial charge in [0.25, 0.3) is 10.0 Å². The number of amidine groups is 1. The number of benzene rings is 3. The highest BCUT2D eigenvalue weighted by Crippen LogP contribution is 2.17. The average Bonchev–Trinajstić information content (AvgIpc) is 2.69. The second-order valence-corrected chi connectivity index (χ2v) is 8.18. The van der Waals surface area contributed by atoms with Crippen molar-refractivity contribution in [1.29, 1.82) is 0 Å². The molecule has 0 radical (unpaired) electrons. The maximum Gasteiger partial charge on any atom is 0.284 e. The second kappa shape index (κ2) is 8.87. The third-order valence-corrected chi connectivity index (χ3v) is 5.44. The van der Waals surface area contributed by atoms with E-state index in [2.05, 4.69) is 9.71 Å². The van der Waals surface area contributed by atoms with E-state index in [0.717, 1.165) is 11.1 Å². The molecule has 3 rings (SSSR count). The predicted molar refractivity (Wildman–Crippen MR) is 116 cm³/mol. The number of nitrogens with one attached hydrogen (secondary N) is 1. The Hall–Kier alpha value is -2.89. The fourth-order valence-electron chi connectivity index (χ4n) is 2.41. The van der Waals surface area contributed by atoms with Crippen LogP contribution in [0.2, 0.25) is 5.02 Å². The first-order valence-electron chi connectivity index (χ1n) is 8.60. The molecule has 0 saturated carbocycles. The summed E-state index contributed by atoms with van der Waals surface area (Å²) in [7, 11) is -3.86. The van der Waals surface area contributed by atoms with E-state index in [0.29, 0.717) is 10.7 Å². The van der Waals surface area contributed by atoms with E-state index in [1.54, 1.807) is 60.7 Å². The van der Waals surface area contributed by atoms with Crippen LogP contribution in [-0.4, -0.2) is 14.3 Å². The van der Waals surface area contributed by atoms with Gasteiger partial charge in [0.2, 0.25) is 0 Å². The molecule has 0 bridgehead atoms. The smallest absolute Gasteiger partial charge is 0.284 e. The molecule has 0 aromatic heterocycles. The van der Waals surface area contributed by atoms with Gasteiger partial charge in [-0.1, -0.05) is 65.7 Å². The summed E-state index contributed by atoms with van der Waals surface area (Å²) in [6, 6.07) is 23.1. The van der Waals surface area contributed by atoms with Gasteiger partial charge >= 0.3 is 0 Å². The van der Waals surface area contributed by atoms with Gasteiger partial charge in [0.15, 0.2) is 0 Å². The molecule has 3 aromatic rings. The van der Waals surface area contributed by atoms with Gasteiger partial charge in [-0.2, -0.15) is 8.42 Å². The normalized spacial score (nSPS) is 12.3. The Kier molecular flexibility index (Phi) is 6.29. The van der Waals surface area contributed by atoms with Crippen molar-refractivity contribution in [2.75, 3.05) is 5.32 Å². The maximum absolute atomic E-state index is 12.7. The zero-order valence-corrected chi connectivity index (χ0v) is 16.8. The van der Waals surface area contributed by atoms with E-state index >= 15 is 0 Å². The number of aryl methyl sites for hydroxylation is 1. The van der Waals surface area contributed by atoms with Crippen LogP contribution in [-0.2, 0) is 10.0 Å². The Morgan fingerprint density at radius 3 is 2.21 bits per heavy atom. The van der Waals surface area contributed by atoms with Crippen molar-refractivity contribution in [1.82, 2.24) is 0 Å². The SMILES string of the molecule is Cc1ccc(S(=O)(=O)/N=C(\C=C\c2ccccc2)Nc2ccc(Cl)cc2)cc1. The van der Waals surface area contributed by atoms with E-state index < -0.39 is 10.0 Å². The molecule has 0 heterocycles. The summed E-state index contributed by atoms with van der Waals surface area (Å²) in [4.78, 5) is 0.140. The van der Waals surface area contributed by atoms with Gasteiger partial charge in [-0.25, -0.2) is 0 Å². The number of hydrogen-bond acceptors (Lipinski definition) is 2. The van der Waals surface area contributed by atoms with Gasteiger partial charge in [-0.15, -0.1) is 4.40 Å². The Morgan fingerprint density at radius 2 is 1.57 bits per heavy atom. The number of hydrogen-bond donors (Lipinski definition) is 1. The average molecular weight is 411 g/mol. The Morgan fingerprint density at radius 1 is 0.929 bits per heavy atom. The van der Waals surface area contributed by atoms with Crippen molar-refractivity contribution in [2.24, 2.45) is 4.40 Å². The highest BCUT2D eigenvalue weighted by Gasteiger charge is 2.13. The van der Waals surface area contributed by atoms with Gasteiger partial charge in [-0.3, -0.25) is 0 Å². The summed E-state index contributed by atoms with van der Waals surface area (Å²) in [6.45, 7) is 1.90. The monoisotopic (exact) mass is 410 g/mol. The van der Waals surface area contributed by atoms with Crippen LogP contribution in [0.15, 0.2) is 94.2 Å². The second-order valence-electron chi connectivity index (χ2n) is 6.14. The molecule has 0 atom stereocenters. The first kappa shape index (κ1) is 19.9. The Labute approximate surface area is 170 Å². The molecule has 0 aliphatic carbocycles. The molecule has 6 heteroatoms. The molecule has 3 aromatic carbocycles. The van der Waals surface area contributed by atoms with Crippen molar-refractivity contribution < 1.29 is 8.42 Å². The molecule has 4 nitrogen and oxygen atoms in total. The molecular weight excluding hydrogens is 392 g/mol. The van der Waals surface area contributed by atoms with Crippen LogP contribution < -0.4 is 5.32 Å². The topological polar surface area (TPSA) is 58.5 Å². The van der Waals surface area contributed by atoms with Gasteiger partial charge in [0, 0.05) is 10.7 Å². The molecule has 0 unspecified atom stereocenters. The van der Waals surface area contributed by atoms with Crippen molar-refractivity contribution in [2.45, 2.75) is 11.8 Å². The maximum atomic E-state index is 12.7. The predicted octanol–water partition coefficient (Wildman–Crippen LogP) is 5.56. The zero-order chi connectivity index (χ0) is 20.0. The standard InChI is InChI=1S/C22H19ClN2O2S/c1-17-7-14-21(15-8-17)28(26,27)25-22(16-9-18-5-3-2-4-6-18)24-20-12-10-19(23)11-13-20/h2-16H,1H3,(H,24,25)/b16-9+. The van der Waals surface area contributed by atoms with Crippen LogP contribution in [0.4, 0.5) is 5.69 Å². The summed E-state index contributed by atoms with van der Waals surface area (Å²) in [6.07, 6.45) is 3.43. The van der Waals surface area contributed by atoms with Crippen LogP contribution in [0, 0.1) is 6.92 Å². The van der Waals surface area contributed by atoms with Gasteiger partial charge < -0.3 is 5.32 Å². The Balaban J connectivity index is 1.96. The third kappa shape index (κ3) is 5.55. The van der Waals surface area contributed by atoms with Crippen LogP contribution >= 0.6 is 11.6 Å². The van der Waals surface area contributed by atoms with Gasteiger partial charge in [0.1, 0.15) is 5.84 Å².